The third kappa shape index (κ3) is 4.56. The van der Waals surface area contributed by atoms with Crippen LogP contribution in [0, 0.1) is 11.8 Å². The van der Waals surface area contributed by atoms with Gasteiger partial charge in [0, 0.05) is 18.0 Å². The molecule has 0 saturated heterocycles. The normalized spacial score (nSPS) is 13.5. The molecule has 34 heavy (non-hydrogen) atoms. The molecule has 1 aliphatic heterocycles. The van der Waals surface area contributed by atoms with Gasteiger partial charge in [-0.05, 0) is 42.3 Å². The van der Waals surface area contributed by atoms with Crippen LogP contribution in [0.15, 0.2) is 79.1 Å². The molecule has 0 saturated carbocycles. The van der Waals surface area contributed by atoms with E-state index >= 15 is 0 Å². The number of H-pyrrole nitrogens is 1. The summed E-state index contributed by atoms with van der Waals surface area (Å²) in [7, 11) is 0. The van der Waals surface area contributed by atoms with Crippen molar-refractivity contribution in [2.45, 2.75) is 6.29 Å². The number of carbonyl (C=O) groups excluding carboxylic acids is 2. The van der Waals surface area contributed by atoms with Crippen LogP contribution in [0.5, 0.6) is 0 Å². The van der Waals surface area contributed by atoms with E-state index in [-0.39, 0.29) is 17.5 Å². The van der Waals surface area contributed by atoms with Crippen LogP contribution >= 0.6 is 0 Å². The molecule has 0 bridgehead atoms. The standard InChI is InChI=1S/C25H19N7O2/c33-22(31-24-26-14-15-27-24)18-9-5-10-19-21(18)30-25(29-19)32-23(34)20-11-4-8-17(28-20)13-12-16-6-2-1-3-7-16/h1-11,14-15,25,29-30H,(H,32,34)(H2,26,27,31,33). The number of amides is 2. The van der Waals surface area contributed by atoms with E-state index in [0.29, 0.717) is 28.6 Å². The first kappa shape index (κ1) is 20.8. The highest BCUT2D eigenvalue weighted by Crippen LogP contribution is 2.32. The number of hydrogen-bond donors (Lipinski definition) is 5. The molecule has 4 aromatic rings. The van der Waals surface area contributed by atoms with E-state index in [1.54, 1.807) is 42.7 Å². The molecule has 5 rings (SSSR count). The zero-order chi connectivity index (χ0) is 23.3. The highest BCUT2D eigenvalue weighted by Gasteiger charge is 2.26. The minimum atomic E-state index is -0.624. The van der Waals surface area contributed by atoms with Crippen molar-refractivity contribution in [3.63, 3.8) is 0 Å². The lowest BCUT2D eigenvalue weighted by atomic mass is 10.1. The molecule has 1 aliphatic rings. The van der Waals surface area contributed by atoms with E-state index in [2.05, 4.69) is 48.1 Å². The van der Waals surface area contributed by atoms with E-state index in [9.17, 15) is 9.59 Å². The number of pyridine rings is 1. The largest absolute Gasteiger partial charge is 0.347 e. The van der Waals surface area contributed by atoms with E-state index in [1.165, 1.54) is 0 Å². The Labute approximate surface area is 195 Å². The summed E-state index contributed by atoms with van der Waals surface area (Å²) < 4.78 is 0. The second-order valence-corrected chi connectivity index (χ2v) is 7.34. The molecule has 0 radical (unpaired) electrons. The average Bonchev–Trinajstić information content (AvgIpc) is 3.52. The SMILES string of the molecule is O=C(NC1Nc2cccc(C(=O)Nc3ncc[nH]3)c2N1)c1cccc(C#Cc2ccccc2)n1. The fourth-order valence-electron chi connectivity index (χ4n) is 3.43. The summed E-state index contributed by atoms with van der Waals surface area (Å²) >= 11 is 0. The quantitative estimate of drug-likeness (QED) is 0.305. The van der Waals surface area contributed by atoms with Crippen molar-refractivity contribution >= 4 is 29.1 Å². The molecule has 2 amide bonds. The lowest BCUT2D eigenvalue weighted by molar-refractivity contribution is 0.0940. The summed E-state index contributed by atoms with van der Waals surface area (Å²) in [5, 5.41) is 11.8. The first-order valence-electron chi connectivity index (χ1n) is 10.5. The number of anilines is 3. The Hall–Kier alpha value is -5.10. The molecule has 0 aliphatic carbocycles. The van der Waals surface area contributed by atoms with Crippen LogP contribution in [0.25, 0.3) is 0 Å². The van der Waals surface area contributed by atoms with Crippen LogP contribution in [-0.4, -0.2) is 33.1 Å². The Kier molecular flexibility index (Phi) is 5.61. The van der Waals surface area contributed by atoms with Gasteiger partial charge < -0.3 is 20.9 Å². The van der Waals surface area contributed by atoms with Gasteiger partial charge >= 0.3 is 0 Å². The van der Waals surface area contributed by atoms with Gasteiger partial charge in [-0.2, -0.15) is 0 Å². The van der Waals surface area contributed by atoms with Gasteiger partial charge in [0.1, 0.15) is 11.4 Å². The number of carbonyl (C=O) groups is 2. The predicted molar refractivity (Wildman–Crippen MR) is 128 cm³/mol. The van der Waals surface area contributed by atoms with Crippen LogP contribution in [0.2, 0.25) is 0 Å². The third-order valence-corrected chi connectivity index (χ3v) is 4.99. The first-order chi connectivity index (χ1) is 16.7. The Morgan fingerprint density at radius 3 is 2.56 bits per heavy atom. The number of para-hydroxylation sites is 1. The Balaban J connectivity index is 1.27. The summed E-state index contributed by atoms with van der Waals surface area (Å²) in [6, 6.07) is 19.9. The Morgan fingerprint density at radius 2 is 1.74 bits per heavy atom. The van der Waals surface area contributed by atoms with Gasteiger partial charge in [0.2, 0.25) is 5.95 Å². The number of fused-ring (bicyclic) bond motifs is 1. The average molecular weight is 449 g/mol. The van der Waals surface area contributed by atoms with Crippen molar-refractivity contribution in [2.75, 3.05) is 16.0 Å². The summed E-state index contributed by atoms with van der Waals surface area (Å²) in [5.74, 6) is 5.64. The second-order valence-electron chi connectivity index (χ2n) is 7.34. The first-order valence-corrected chi connectivity index (χ1v) is 10.5. The maximum Gasteiger partial charge on any atom is 0.272 e. The molecule has 2 aromatic carbocycles. The van der Waals surface area contributed by atoms with E-state index in [0.717, 1.165) is 5.56 Å². The molecule has 0 fully saturated rings. The van der Waals surface area contributed by atoms with Crippen molar-refractivity contribution in [2.24, 2.45) is 0 Å². The molecule has 1 unspecified atom stereocenters. The van der Waals surface area contributed by atoms with Gasteiger partial charge in [0.15, 0.2) is 6.29 Å². The number of benzene rings is 2. The summed E-state index contributed by atoms with van der Waals surface area (Å²) in [4.78, 5) is 36.7. The van der Waals surface area contributed by atoms with E-state index in [1.807, 2.05) is 36.4 Å². The molecule has 3 heterocycles. The van der Waals surface area contributed by atoms with Crippen molar-refractivity contribution in [3.05, 3.63) is 102 Å². The molecule has 9 nitrogen and oxygen atoms in total. The monoisotopic (exact) mass is 449 g/mol. The molecule has 166 valence electrons. The zero-order valence-corrected chi connectivity index (χ0v) is 17.8. The highest BCUT2D eigenvalue weighted by molar-refractivity contribution is 6.10. The van der Waals surface area contributed by atoms with Gasteiger partial charge in [-0.1, -0.05) is 36.3 Å². The molecule has 5 N–H and O–H groups in total. The number of nitrogens with zero attached hydrogens (tertiary/aromatic N) is 2. The maximum atomic E-state index is 12.8. The smallest absolute Gasteiger partial charge is 0.272 e. The predicted octanol–water partition coefficient (Wildman–Crippen LogP) is 3.01. The van der Waals surface area contributed by atoms with Crippen molar-refractivity contribution in [1.29, 1.82) is 0 Å². The fourth-order valence-corrected chi connectivity index (χ4v) is 3.43. The highest BCUT2D eigenvalue weighted by atomic mass is 16.2. The number of nitrogens with one attached hydrogen (secondary N) is 5. The lowest BCUT2D eigenvalue weighted by Gasteiger charge is -2.14. The van der Waals surface area contributed by atoms with Crippen LogP contribution in [0.3, 0.4) is 0 Å². The Bertz CT molecular complexity index is 1410. The van der Waals surface area contributed by atoms with Gasteiger partial charge in [-0.15, -0.1) is 0 Å². The van der Waals surface area contributed by atoms with Gasteiger partial charge in [0.25, 0.3) is 11.8 Å². The molecular weight excluding hydrogens is 430 g/mol. The summed E-state index contributed by atoms with van der Waals surface area (Å²) in [5.41, 5.74) is 3.26. The topological polar surface area (TPSA) is 124 Å². The number of hydrogen-bond acceptors (Lipinski definition) is 6. The molecular formula is C25H19N7O2. The van der Waals surface area contributed by atoms with Gasteiger partial charge in [0.05, 0.1) is 16.9 Å². The van der Waals surface area contributed by atoms with Crippen molar-refractivity contribution in [3.8, 4) is 11.8 Å². The number of aromatic nitrogens is 3. The third-order valence-electron chi connectivity index (χ3n) is 4.99. The molecule has 9 heteroatoms. The van der Waals surface area contributed by atoms with E-state index in [4.69, 9.17) is 0 Å². The summed E-state index contributed by atoms with van der Waals surface area (Å²) in [6.07, 6.45) is 2.54. The minimum Gasteiger partial charge on any atom is -0.347 e. The zero-order valence-electron chi connectivity index (χ0n) is 17.8. The number of rotatable bonds is 4. The van der Waals surface area contributed by atoms with Crippen molar-refractivity contribution < 1.29 is 9.59 Å². The van der Waals surface area contributed by atoms with Crippen LogP contribution in [0.1, 0.15) is 32.1 Å². The van der Waals surface area contributed by atoms with E-state index < -0.39 is 6.29 Å². The second kappa shape index (κ2) is 9.18. The fraction of sp³-hybridized carbons (Fsp3) is 0.0400. The lowest BCUT2D eigenvalue weighted by Crippen LogP contribution is -2.43. The Morgan fingerprint density at radius 1 is 0.882 bits per heavy atom. The van der Waals surface area contributed by atoms with Crippen LogP contribution in [0.4, 0.5) is 17.3 Å². The maximum absolute atomic E-state index is 12.8. The van der Waals surface area contributed by atoms with Crippen LogP contribution < -0.4 is 21.3 Å². The number of imidazole rings is 1. The summed E-state index contributed by atoms with van der Waals surface area (Å²) in [6.45, 7) is 0. The van der Waals surface area contributed by atoms with Crippen LogP contribution in [-0.2, 0) is 0 Å². The molecule has 1 atom stereocenters. The molecule has 0 spiro atoms. The van der Waals surface area contributed by atoms with Gasteiger partial charge in [-0.25, -0.2) is 9.97 Å². The number of aromatic amines is 1. The minimum absolute atomic E-state index is 0.232. The molecule has 2 aromatic heterocycles. The van der Waals surface area contributed by atoms with Crippen molar-refractivity contribution in [1.82, 2.24) is 20.3 Å². The van der Waals surface area contributed by atoms with Gasteiger partial charge in [-0.3, -0.25) is 14.9 Å².